The van der Waals surface area contributed by atoms with Gasteiger partial charge in [0.15, 0.2) is 0 Å². The molecule has 0 saturated heterocycles. The van der Waals surface area contributed by atoms with Gasteiger partial charge in [-0.25, -0.2) is 4.98 Å². The second kappa shape index (κ2) is 6.57. The van der Waals surface area contributed by atoms with E-state index in [1.165, 1.54) is 0 Å². The first-order valence-corrected chi connectivity index (χ1v) is 6.95. The van der Waals surface area contributed by atoms with Crippen molar-refractivity contribution in [2.24, 2.45) is 0 Å². The lowest BCUT2D eigenvalue weighted by molar-refractivity contribution is -0.143. The van der Waals surface area contributed by atoms with Gasteiger partial charge < -0.3 is 9.30 Å². The molecule has 0 unspecified atom stereocenters. The fraction of sp³-hybridized carbons (Fsp3) is 0.429. The number of hydrogen-bond donors (Lipinski definition) is 0. The van der Waals surface area contributed by atoms with Crippen molar-refractivity contribution in [1.29, 1.82) is 0 Å². The lowest BCUT2D eigenvalue weighted by Crippen LogP contribution is -2.11. The third-order valence-electron chi connectivity index (χ3n) is 2.90. The minimum absolute atomic E-state index is 0.183. The van der Waals surface area contributed by atoms with Gasteiger partial charge in [-0.2, -0.15) is 0 Å². The van der Waals surface area contributed by atoms with Crippen molar-refractivity contribution in [3.05, 3.63) is 30.1 Å². The SMILES string of the molecule is CCOC(=O)CCn1c(CCCl)nc2ccccc21. The van der Waals surface area contributed by atoms with Gasteiger partial charge in [-0.15, -0.1) is 11.6 Å². The molecule has 0 saturated carbocycles. The lowest BCUT2D eigenvalue weighted by Gasteiger charge is -2.08. The molecule has 2 rings (SSSR count). The van der Waals surface area contributed by atoms with Gasteiger partial charge in [0, 0.05) is 18.8 Å². The first kappa shape index (κ1) is 13.9. The van der Waals surface area contributed by atoms with E-state index in [0.717, 1.165) is 16.9 Å². The first-order valence-electron chi connectivity index (χ1n) is 6.42. The van der Waals surface area contributed by atoms with Crippen LogP contribution in [0.3, 0.4) is 0 Å². The number of ether oxygens (including phenoxy) is 1. The Bertz CT molecular complexity index is 566. The molecule has 0 fully saturated rings. The number of imidazole rings is 1. The maximum atomic E-state index is 11.5. The number of hydrogen-bond acceptors (Lipinski definition) is 3. The van der Waals surface area contributed by atoms with Crippen LogP contribution in [0.4, 0.5) is 0 Å². The third kappa shape index (κ3) is 3.26. The predicted octanol–water partition coefficient (Wildman–Crippen LogP) is 2.77. The minimum Gasteiger partial charge on any atom is -0.466 e. The van der Waals surface area contributed by atoms with E-state index in [9.17, 15) is 4.79 Å². The maximum Gasteiger partial charge on any atom is 0.307 e. The normalized spacial score (nSPS) is 10.8. The molecule has 0 radical (unpaired) electrons. The monoisotopic (exact) mass is 280 g/mol. The summed E-state index contributed by atoms with van der Waals surface area (Å²) in [6, 6.07) is 7.89. The number of carbonyl (C=O) groups is 1. The molecule has 0 spiro atoms. The Morgan fingerprint density at radius 2 is 2.21 bits per heavy atom. The number of nitrogens with zero attached hydrogens (tertiary/aromatic N) is 2. The van der Waals surface area contributed by atoms with Gasteiger partial charge in [0.05, 0.1) is 24.1 Å². The van der Waals surface area contributed by atoms with Crippen LogP contribution in [0, 0.1) is 0 Å². The number of rotatable bonds is 6. The third-order valence-corrected chi connectivity index (χ3v) is 3.09. The number of para-hydroxylation sites is 2. The quantitative estimate of drug-likeness (QED) is 0.604. The molecular weight excluding hydrogens is 264 g/mol. The minimum atomic E-state index is -0.183. The van der Waals surface area contributed by atoms with E-state index in [4.69, 9.17) is 16.3 Å². The number of halogens is 1. The summed E-state index contributed by atoms with van der Waals surface area (Å²) in [5, 5.41) is 0. The molecule has 0 aliphatic heterocycles. The average Bonchev–Trinajstić information content (AvgIpc) is 2.75. The number of aryl methyl sites for hydroxylation is 2. The van der Waals surface area contributed by atoms with Crippen LogP contribution in [0.1, 0.15) is 19.2 Å². The van der Waals surface area contributed by atoms with E-state index in [-0.39, 0.29) is 5.97 Å². The zero-order chi connectivity index (χ0) is 13.7. The second-order valence-electron chi connectivity index (χ2n) is 4.16. The van der Waals surface area contributed by atoms with Crippen molar-refractivity contribution in [3.63, 3.8) is 0 Å². The number of carbonyl (C=O) groups excluding carboxylic acids is 1. The summed E-state index contributed by atoms with van der Waals surface area (Å²) in [5.41, 5.74) is 1.97. The van der Waals surface area contributed by atoms with Crippen LogP contribution in [0.2, 0.25) is 0 Å². The zero-order valence-corrected chi connectivity index (χ0v) is 11.7. The molecule has 1 heterocycles. The summed E-state index contributed by atoms with van der Waals surface area (Å²) in [6.45, 7) is 2.80. The molecule has 0 aliphatic rings. The highest BCUT2D eigenvalue weighted by atomic mass is 35.5. The Morgan fingerprint density at radius 1 is 1.42 bits per heavy atom. The molecule has 0 amide bonds. The van der Waals surface area contributed by atoms with Crippen molar-refractivity contribution in [2.75, 3.05) is 12.5 Å². The van der Waals surface area contributed by atoms with Crippen molar-refractivity contribution in [2.45, 2.75) is 26.3 Å². The highest BCUT2D eigenvalue weighted by Crippen LogP contribution is 2.17. The van der Waals surface area contributed by atoms with Gasteiger partial charge in [0.2, 0.25) is 0 Å². The summed E-state index contributed by atoms with van der Waals surface area (Å²) >= 11 is 5.80. The van der Waals surface area contributed by atoms with Crippen LogP contribution in [0.25, 0.3) is 11.0 Å². The Hall–Kier alpha value is -1.55. The fourth-order valence-corrected chi connectivity index (χ4v) is 2.26. The van der Waals surface area contributed by atoms with E-state index >= 15 is 0 Å². The molecule has 4 nitrogen and oxygen atoms in total. The molecule has 102 valence electrons. The molecule has 1 aromatic heterocycles. The van der Waals surface area contributed by atoms with Crippen LogP contribution in [0.5, 0.6) is 0 Å². The van der Waals surface area contributed by atoms with Gasteiger partial charge >= 0.3 is 5.97 Å². The van der Waals surface area contributed by atoms with Crippen LogP contribution in [0.15, 0.2) is 24.3 Å². The van der Waals surface area contributed by atoms with E-state index < -0.39 is 0 Å². The standard InChI is InChI=1S/C14H17ClN2O2/c1-2-19-14(18)8-10-17-12-6-4-3-5-11(12)16-13(17)7-9-15/h3-6H,2,7-10H2,1H3. The Morgan fingerprint density at radius 3 is 2.95 bits per heavy atom. The van der Waals surface area contributed by atoms with Gasteiger partial charge in [-0.1, -0.05) is 12.1 Å². The van der Waals surface area contributed by atoms with E-state index in [2.05, 4.69) is 9.55 Å². The van der Waals surface area contributed by atoms with Gasteiger partial charge in [-0.3, -0.25) is 4.79 Å². The molecule has 0 N–H and O–H groups in total. The molecular formula is C14H17ClN2O2. The summed E-state index contributed by atoms with van der Waals surface area (Å²) in [4.78, 5) is 16.0. The highest BCUT2D eigenvalue weighted by Gasteiger charge is 2.11. The summed E-state index contributed by atoms with van der Waals surface area (Å²) in [5.74, 6) is 1.25. The molecule has 0 bridgehead atoms. The van der Waals surface area contributed by atoms with E-state index in [1.807, 2.05) is 31.2 Å². The zero-order valence-electron chi connectivity index (χ0n) is 10.9. The Kier molecular flexibility index (Phi) is 4.80. The Balaban J connectivity index is 2.23. The highest BCUT2D eigenvalue weighted by molar-refractivity contribution is 6.17. The summed E-state index contributed by atoms with van der Waals surface area (Å²) in [7, 11) is 0. The van der Waals surface area contributed by atoms with Crippen LogP contribution in [-0.4, -0.2) is 28.0 Å². The van der Waals surface area contributed by atoms with Gasteiger partial charge in [0.1, 0.15) is 5.82 Å². The maximum absolute atomic E-state index is 11.5. The van der Waals surface area contributed by atoms with Crippen molar-refractivity contribution in [3.8, 4) is 0 Å². The van der Waals surface area contributed by atoms with Gasteiger partial charge in [0.25, 0.3) is 0 Å². The van der Waals surface area contributed by atoms with Gasteiger partial charge in [-0.05, 0) is 19.1 Å². The lowest BCUT2D eigenvalue weighted by atomic mass is 10.3. The van der Waals surface area contributed by atoms with Crippen molar-refractivity contribution in [1.82, 2.24) is 9.55 Å². The predicted molar refractivity (Wildman–Crippen MR) is 75.4 cm³/mol. The molecule has 2 aromatic rings. The van der Waals surface area contributed by atoms with Crippen molar-refractivity contribution >= 4 is 28.6 Å². The van der Waals surface area contributed by atoms with Crippen LogP contribution in [-0.2, 0) is 22.5 Å². The molecule has 0 aliphatic carbocycles. The molecule has 1 aromatic carbocycles. The molecule has 0 atom stereocenters. The largest absolute Gasteiger partial charge is 0.466 e. The topological polar surface area (TPSA) is 44.1 Å². The summed E-state index contributed by atoms with van der Waals surface area (Å²) < 4.78 is 7.00. The smallest absolute Gasteiger partial charge is 0.307 e. The number of benzene rings is 1. The molecule has 5 heteroatoms. The summed E-state index contributed by atoms with van der Waals surface area (Å²) in [6.07, 6.45) is 1.04. The first-order chi connectivity index (χ1) is 9.26. The van der Waals surface area contributed by atoms with Crippen LogP contribution < -0.4 is 0 Å². The van der Waals surface area contributed by atoms with E-state index in [0.29, 0.717) is 31.9 Å². The fourth-order valence-electron chi connectivity index (χ4n) is 2.09. The number of aromatic nitrogens is 2. The van der Waals surface area contributed by atoms with Crippen LogP contribution >= 0.6 is 11.6 Å². The number of esters is 1. The Labute approximate surface area is 117 Å². The molecule has 19 heavy (non-hydrogen) atoms. The van der Waals surface area contributed by atoms with Crippen molar-refractivity contribution < 1.29 is 9.53 Å². The van der Waals surface area contributed by atoms with E-state index in [1.54, 1.807) is 0 Å². The number of fused-ring (bicyclic) bond motifs is 1. The average molecular weight is 281 g/mol. The number of alkyl halides is 1. The second-order valence-corrected chi connectivity index (χ2v) is 4.54.